The van der Waals surface area contributed by atoms with Crippen LogP contribution in [0.5, 0.6) is 0 Å². The van der Waals surface area contributed by atoms with Gasteiger partial charge in [0, 0.05) is 12.6 Å². The highest BCUT2D eigenvalue weighted by Crippen LogP contribution is 2.23. The maximum absolute atomic E-state index is 12.3. The Morgan fingerprint density at radius 3 is 2.52 bits per heavy atom. The van der Waals surface area contributed by atoms with E-state index in [1.54, 1.807) is 0 Å². The van der Waals surface area contributed by atoms with Gasteiger partial charge < -0.3 is 0 Å². The first-order valence-electron chi connectivity index (χ1n) is 6.90. The number of benzene rings is 2. The molecule has 1 aliphatic heterocycles. The lowest BCUT2D eigenvalue weighted by molar-refractivity contribution is 0.100. The van der Waals surface area contributed by atoms with E-state index in [1.807, 2.05) is 78.8 Å². The van der Waals surface area contributed by atoms with Crippen molar-refractivity contribution in [3.63, 3.8) is 0 Å². The topological polar surface area (TPSA) is 32.7 Å². The van der Waals surface area contributed by atoms with E-state index in [9.17, 15) is 4.79 Å². The van der Waals surface area contributed by atoms with E-state index in [0.717, 1.165) is 22.5 Å². The van der Waals surface area contributed by atoms with Crippen molar-refractivity contribution in [1.29, 1.82) is 0 Å². The van der Waals surface area contributed by atoms with E-state index in [4.69, 9.17) is 0 Å². The number of Topliss-reactive ketones (excluding diaryl/α,β-unsaturated/α-hetero) is 1. The first-order valence-corrected chi connectivity index (χ1v) is 6.90. The van der Waals surface area contributed by atoms with Gasteiger partial charge in [-0.15, -0.1) is 0 Å². The van der Waals surface area contributed by atoms with Gasteiger partial charge in [-0.25, -0.2) is 0 Å². The number of hydrogen-bond acceptors (Lipinski definition) is 3. The molecule has 3 rings (SSSR count). The van der Waals surface area contributed by atoms with Crippen molar-refractivity contribution >= 4 is 23.3 Å². The molecule has 3 nitrogen and oxygen atoms in total. The average Bonchev–Trinajstić information content (AvgIpc) is 2.68. The lowest BCUT2D eigenvalue weighted by atomic mass is 10.0. The van der Waals surface area contributed by atoms with Crippen molar-refractivity contribution in [3.8, 4) is 0 Å². The van der Waals surface area contributed by atoms with Crippen molar-refractivity contribution in [2.45, 2.75) is 6.42 Å². The zero-order valence-electron chi connectivity index (χ0n) is 11.9. The van der Waals surface area contributed by atoms with E-state index in [2.05, 4.69) is 5.10 Å². The minimum Gasteiger partial charge on any atom is -0.294 e. The molecule has 1 heterocycles. The molecule has 0 spiro atoms. The summed E-state index contributed by atoms with van der Waals surface area (Å²) >= 11 is 0. The fraction of sp³-hybridized carbons (Fsp3) is 0.111. The highest BCUT2D eigenvalue weighted by atomic mass is 16.1. The van der Waals surface area contributed by atoms with Gasteiger partial charge in [-0.1, -0.05) is 54.6 Å². The Morgan fingerprint density at radius 1 is 1.00 bits per heavy atom. The van der Waals surface area contributed by atoms with E-state index < -0.39 is 0 Å². The zero-order chi connectivity index (χ0) is 14.7. The molecule has 0 saturated carbocycles. The number of carbonyl (C=O) groups excluding carboxylic acids is 1. The number of hydrogen-bond donors (Lipinski definition) is 0. The number of fused-ring (bicyclic) bond motifs is 1. The minimum absolute atomic E-state index is 0.0818. The fourth-order valence-corrected chi connectivity index (χ4v) is 2.37. The molecule has 0 aliphatic carbocycles. The average molecular weight is 276 g/mol. The second kappa shape index (κ2) is 5.75. The van der Waals surface area contributed by atoms with Crippen LogP contribution in [0, 0.1) is 0 Å². The van der Waals surface area contributed by atoms with E-state index >= 15 is 0 Å². The van der Waals surface area contributed by atoms with E-state index in [1.165, 1.54) is 0 Å². The standard InChI is InChI=1S/C18H16N2O/c1-20-17-10-6-5-7-14(17)11-12-16(19-20)13-18(21)15-8-3-2-4-9-15/h2-12H,13H2,1H3. The van der Waals surface area contributed by atoms with Crippen LogP contribution in [0.3, 0.4) is 0 Å². The highest BCUT2D eigenvalue weighted by molar-refractivity contribution is 6.15. The Bertz CT molecular complexity index is 717. The van der Waals surface area contributed by atoms with Gasteiger partial charge in [0.15, 0.2) is 5.78 Å². The number of nitrogens with zero attached hydrogens (tertiary/aromatic N) is 2. The number of ketones is 1. The molecular weight excluding hydrogens is 260 g/mol. The zero-order valence-corrected chi connectivity index (χ0v) is 11.9. The predicted octanol–water partition coefficient (Wildman–Crippen LogP) is 3.78. The summed E-state index contributed by atoms with van der Waals surface area (Å²) < 4.78 is 0. The second-order valence-electron chi connectivity index (χ2n) is 4.97. The summed E-state index contributed by atoms with van der Waals surface area (Å²) in [6.45, 7) is 0. The van der Waals surface area contributed by atoms with Crippen LogP contribution < -0.4 is 5.01 Å². The normalized spacial score (nSPS) is 13.4. The number of carbonyl (C=O) groups is 1. The molecule has 0 radical (unpaired) electrons. The Morgan fingerprint density at radius 2 is 1.71 bits per heavy atom. The molecule has 0 saturated heterocycles. The minimum atomic E-state index is 0.0818. The van der Waals surface area contributed by atoms with Crippen LogP contribution in [-0.4, -0.2) is 18.5 Å². The molecule has 0 bridgehead atoms. The van der Waals surface area contributed by atoms with Crippen LogP contribution >= 0.6 is 0 Å². The summed E-state index contributed by atoms with van der Waals surface area (Å²) in [5, 5.41) is 6.35. The van der Waals surface area contributed by atoms with E-state index in [0.29, 0.717) is 6.42 Å². The van der Waals surface area contributed by atoms with Gasteiger partial charge in [0.25, 0.3) is 0 Å². The fourth-order valence-electron chi connectivity index (χ4n) is 2.37. The molecular formula is C18H16N2O. The van der Waals surface area contributed by atoms with Crippen LogP contribution in [0.25, 0.3) is 6.08 Å². The SMILES string of the molecule is CN1N=C(CC(=O)c2ccccc2)C=Cc2ccccc21. The van der Waals surface area contributed by atoms with Crippen molar-refractivity contribution < 1.29 is 4.79 Å². The van der Waals surface area contributed by atoms with Crippen LogP contribution in [0.2, 0.25) is 0 Å². The molecule has 3 heteroatoms. The third-order valence-corrected chi connectivity index (χ3v) is 3.46. The summed E-state index contributed by atoms with van der Waals surface area (Å²) in [6, 6.07) is 17.4. The first kappa shape index (κ1) is 13.3. The second-order valence-corrected chi connectivity index (χ2v) is 4.97. The van der Waals surface area contributed by atoms with Gasteiger partial charge in [0.1, 0.15) is 0 Å². The number of hydrazone groups is 1. The van der Waals surface area contributed by atoms with Gasteiger partial charge >= 0.3 is 0 Å². The highest BCUT2D eigenvalue weighted by Gasteiger charge is 2.13. The third kappa shape index (κ3) is 2.92. The van der Waals surface area contributed by atoms with Gasteiger partial charge in [0.2, 0.25) is 0 Å². The number of para-hydroxylation sites is 1. The molecule has 2 aromatic carbocycles. The number of anilines is 1. The molecule has 0 atom stereocenters. The summed E-state index contributed by atoms with van der Waals surface area (Å²) in [5.41, 5.74) is 3.63. The Hall–Kier alpha value is -2.68. The number of allylic oxidation sites excluding steroid dienone is 1. The van der Waals surface area contributed by atoms with Crippen molar-refractivity contribution in [2.24, 2.45) is 5.10 Å². The van der Waals surface area contributed by atoms with E-state index in [-0.39, 0.29) is 5.78 Å². The monoisotopic (exact) mass is 276 g/mol. The summed E-state index contributed by atoms with van der Waals surface area (Å²) in [4.78, 5) is 12.3. The van der Waals surface area contributed by atoms with Gasteiger partial charge in [-0.3, -0.25) is 9.80 Å². The Labute approximate surface area is 124 Å². The summed E-state index contributed by atoms with van der Waals surface area (Å²) in [6.07, 6.45) is 4.23. The predicted molar refractivity (Wildman–Crippen MR) is 86.7 cm³/mol. The molecule has 1 aliphatic rings. The lowest BCUT2D eigenvalue weighted by Crippen LogP contribution is -2.14. The lowest BCUT2D eigenvalue weighted by Gasteiger charge is -2.14. The van der Waals surface area contributed by atoms with Crippen LogP contribution in [0.4, 0.5) is 5.69 Å². The maximum atomic E-state index is 12.3. The quantitative estimate of drug-likeness (QED) is 0.799. The number of rotatable bonds is 3. The molecule has 2 aromatic rings. The van der Waals surface area contributed by atoms with Gasteiger partial charge in [-0.05, 0) is 17.7 Å². The smallest absolute Gasteiger partial charge is 0.168 e. The van der Waals surface area contributed by atoms with Gasteiger partial charge in [-0.2, -0.15) is 5.10 Å². The molecule has 21 heavy (non-hydrogen) atoms. The first-order chi connectivity index (χ1) is 10.2. The van der Waals surface area contributed by atoms with Crippen molar-refractivity contribution in [2.75, 3.05) is 12.1 Å². The van der Waals surface area contributed by atoms with Crippen molar-refractivity contribution in [1.82, 2.24) is 0 Å². The van der Waals surface area contributed by atoms with Crippen LogP contribution in [0.1, 0.15) is 22.3 Å². The third-order valence-electron chi connectivity index (χ3n) is 3.46. The maximum Gasteiger partial charge on any atom is 0.168 e. The molecule has 0 aromatic heterocycles. The molecule has 0 N–H and O–H groups in total. The van der Waals surface area contributed by atoms with Crippen LogP contribution in [0.15, 0.2) is 65.8 Å². The Kier molecular flexibility index (Phi) is 3.65. The van der Waals surface area contributed by atoms with Crippen LogP contribution in [-0.2, 0) is 0 Å². The van der Waals surface area contributed by atoms with Gasteiger partial charge in [0.05, 0.1) is 17.8 Å². The molecule has 104 valence electrons. The largest absolute Gasteiger partial charge is 0.294 e. The molecule has 0 fully saturated rings. The molecule has 0 amide bonds. The van der Waals surface area contributed by atoms with Crippen molar-refractivity contribution in [3.05, 3.63) is 71.8 Å². The summed E-state index contributed by atoms with van der Waals surface area (Å²) in [7, 11) is 1.90. The molecule has 0 unspecified atom stereocenters. The summed E-state index contributed by atoms with van der Waals surface area (Å²) in [5.74, 6) is 0.0818. The Balaban J connectivity index is 1.83.